The molecule has 1 amide bonds. The topological polar surface area (TPSA) is 143 Å². The molecule has 3 N–H and O–H groups in total. The van der Waals surface area contributed by atoms with E-state index in [1.165, 1.54) is 6.20 Å². The molecule has 2 rings (SSSR count). The smallest absolute Gasteiger partial charge is 0.429 e. The molecule has 0 radical (unpaired) electrons. The number of thioether (sulfide) groups is 1. The van der Waals surface area contributed by atoms with Crippen molar-refractivity contribution in [1.82, 2.24) is 9.55 Å². The molecule has 0 saturated carbocycles. The minimum Gasteiger partial charge on any atom is -0.429 e. The molecule has 12 heteroatoms. The van der Waals surface area contributed by atoms with E-state index in [2.05, 4.69) is 9.72 Å². The van der Waals surface area contributed by atoms with Crippen LogP contribution < -0.4 is 16.2 Å². The van der Waals surface area contributed by atoms with E-state index in [-0.39, 0.29) is 5.88 Å². The highest BCUT2D eigenvalue weighted by Crippen LogP contribution is 2.44. The molecule has 0 aromatic carbocycles. The number of alkyl halides is 1. The zero-order chi connectivity index (χ0) is 20.4. The van der Waals surface area contributed by atoms with Crippen molar-refractivity contribution in [2.24, 2.45) is 5.73 Å². The molecule has 1 aromatic rings. The molecule has 1 saturated heterocycles. The van der Waals surface area contributed by atoms with Crippen molar-refractivity contribution in [2.45, 2.75) is 49.3 Å². The second kappa shape index (κ2) is 8.13. The fourth-order valence-corrected chi connectivity index (χ4v) is 3.74. The number of amides is 1. The maximum Gasteiger partial charge on any atom is 0.509 e. The Bertz CT molecular complexity index is 767. The summed E-state index contributed by atoms with van der Waals surface area (Å²) in [5.41, 5.74) is 3.11. The molecule has 0 aliphatic carbocycles. The van der Waals surface area contributed by atoms with Crippen LogP contribution in [0.3, 0.4) is 0 Å². The van der Waals surface area contributed by atoms with E-state index < -0.39 is 53.0 Å². The van der Waals surface area contributed by atoms with Crippen LogP contribution in [-0.4, -0.2) is 56.6 Å². The Kier molecular flexibility index (Phi) is 6.31. The molecule has 150 valence electrons. The summed E-state index contributed by atoms with van der Waals surface area (Å²) in [6.45, 7) is 4.38. The monoisotopic (exact) mass is 405 g/mol. The van der Waals surface area contributed by atoms with Crippen molar-refractivity contribution in [2.75, 3.05) is 6.61 Å². The van der Waals surface area contributed by atoms with Crippen LogP contribution in [0.25, 0.3) is 0 Å². The van der Waals surface area contributed by atoms with E-state index in [4.69, 9.17) is 15.2 Å². The quantitative estimate of drug-likeness (QED) is 0.700. The molecule has 10 nitrogen and oxygen atoms in total. The summed E-state index contributed by atoms with van der Waals surface area (Å²) < 4.78 is 30.4. The van der Waals surface area contributed by atoms with Gasteiger partial charge in [-0.3, -0.25) is 4.57 Å². The average Bonchev–Trinajstić information content (AvgIpc) is 2.81. The number of aromatic nitrogens is 2. The van der Waals surface area contributed by atoms with Gasteiger partial charge in [0.1, 0.15) is 11.0 Å². The van der Waals surface area contributed by atoms with Crippen molar-refractivity contribution in [3.05, 3.63) is 22.7 Å². The second-order valence-electron chi connectivity index (χ2n) is 6.62. The average molecular weight is 405 g/mol. The number of carbonyl (C=O) groups excluding carboxylic acids is 2. The zero-order valence-electron chi connectivity index (χ0n) is 14.8. The first-order valence-electron chi connectivity index (χ1n) is 7.88. The number of hydrogen-bond acceptors (Lipinski definition) is 9. The predicted molar refractivity (Wildman–Crippen MR) is 92.2 cm³/mol. The van der Waals surface area contributed by atoms with Gasteiger partial charge in [0.25, 0.3) is 0 Å². The number of ether oxygens (including phenoxy) is 3. The van der Waals surface area contributed by atoms with Gasteiger partial charge in [0.05, 0.1) is 11.9 Å². The SMILES string of the molecule is CC(C)(C)OC(=O)O[C@H]1[C@H](F)[C@H](n2ccc(OC(N)=O)nc2=O)S[C@@H]1CO. The van der Waals surface area contributed by atoms with Gasteiger partial charge in [-0.2, -0.15) is 4.98 Å². The fourth-order valence-electron chi connectivity index (χ4n) is 2.34. The molecule has 0 bridgehead atoms. The van der Waals surface area contributed by atoms with Gasteiger partial charge in [0, 0.05) is 12.3 Å². The lowest BCUT2D eigenvalue weighted by Gasteiger charge is -2.23. The summed E-state index contributed by atoms with van der Waals surface area (Å²) in [5, 5.41) is 7.56. The van der Waals surface area contributed by atoms with Crippen LogP contribution in [0.5, 0.6) is 5.88 Å². The number of nitrogens with zero attached hydrogens (tertiary/aromatic N) is 2. The van der Waals surface area contributed by atoms with E-state index in [1.807, 2.05) is 0 Å². The molecular formula is C15H20FN3O7S. The predicted octanol–water partition coefficient (Wildman–Crippen LogP) is 0.966. The third kappa shape index (κ3) is 5.32. The molecule has 1 aliphatic heterocycles. The van der Waals surface area contributed by atoms with Crippen LogP contribution in [0.1, 0.15) is 26.1 Å². The van der Waals surface area contributed by atoms with Crippen LogP contribution >= 0.6 is 11.8 Å². The molecule has 27 heavy (non-hydrogen) atoms. The molecule has 1 aliphatic rings. The lowest BCUT2D eigenvalue weighted by atomic mass is 10.1. The van der Waals surface area contributed by atoms with E-state index in [0.717, 1.165) is 22.4 Å². The van der Waals surface area contributed by atoms with E-state index in [0.29, 0.717) is 0 Å². The number of aliphatic hydroxyl groups excluding tert-OH is 1. The van der Waals surface area contributed by atoms with Crippen LogP contribution in [0.2, 0.25) is 0 Å². The maximum absolute atomic E-state index is 14.9. The number of rotatable bonds is 4. The lowest BCUT2D eigenvalue weighted by Crippen LogP contribution is -2.38. The first-order valence-corrected chi connectivity index (χ1v) is 8.82. The number of halogens is 1. The Morgan fingerprint density at radius 3 is 2.63 bits per heavy atom. The summed E-state index contributed by atoms with van der Waals surface area (Å²) in [6, 6.07) is 1.16. The maximum atomic E-state index is 14.9. The van der Waals surface area contributed by atoms with E-state index in [1.54, 1.807) is 20.8 Å². The standard InChI is InChI=1S/C15H20FN3O7S/c1-15(2,3)26-14(23)25-10-7(6-20)27-11(9(10)16)19-5-4-8(18-13(19)22)24-12(17)21/h4-5,7,9-11,20H,6H2,1-3H3,(H2,17,21)/t7-,9+,10-,11-/m1/s1. The Morgan fingerprint density at radius 1 is 1.44 bits per heavy atom. The van der Waals surface area contributed by atoms with Gasteiger partial charge >= 0.3 is 17.9 Å². The minimum atomic E-state index is -1.82. The van der Waals surface area contributed by atoms with Crippen LogP contribution in [-0.2, 0) is 9.47 Å². The van der Waals surface area contributed by atoms with Crippen LogP contribution in [0.15, 0.2) is 17.1 Å². The highest BCUT2D eigenvalue weighted by molar-refractivity contribution is 8.00. The van der Waals surface area contributed by atoms with Gasteiger partial charge in [0.2, 0.25) is 5.88 Å². The van der Waals surface area contributed by atoms with Gasteiger partial charge in [-0.15, -0.1) is 11.8 Å². The molecule has 0 spiro atoms. The summed E-state index contributed by atoms with van der Waals surface area (Å²) in [6.07, 6.45) is -4.20. The highest BCUT2D eigenvalue weighted by atomic mass is 32.2. The van der Waals surface area contributed by atoms with Gasteiger partial charge in [-0.1, -0.05) is 0 Å². The van der Waals surface area contributed by atoms with Crippen molar-refractivity contribution < 1.29 is 33.3 Å². The Balaban J connectivity index is 2.19. The fraction of sp³-hybridized carbons (Fsp3) is 0.600. The van der Waals surface area contributed by atoms with Crippen LogP contribution in [0.4, 0.5) is 14.0 Å². The van der Waals surface area contributed by atoms with E-state index in [9.17, 15) is 23.9 Å². The van der Waals surface area contributed by atoms with Crippen molar-refractivity contribution >= 4 is 24.0 Å². The molecule has 4 atom stereocenters. The van der Waals surface area contributed by atoms with Crippen molar-refractivity contribution in [3.8, 4) is 5.88 Å². The normalized spacial score (nSPS) is 25.1. The van der Waals surface area contributed by atoms with Crippen molar-refractivity contribution in [3.63, 3.8) is 0 Å². The van der Waals surface area contributed by atoms with Gasteiger partial charge in [0.15, 0.2) is 12.3 Å². The zero-order valence-corrected chi connectivity index (χ0v) is 15.6. The highest BCUT2D eigenvalue weighted by Gasteiger charge is 2.48. The number of primary amides is 1. The first kappa shape index (κ1) is 21.0. The third-order valence-electron chi connectivity index (χ3n) is 3.35. The third-order valence-corrected chi connectivity index (χ3v) is 4.89. The number of nitrogens with two attached hydrogens (primary N) is 1. The largest absolute Gasteiger partial charge is 0.509 e. The molecule has 1 aromatic heterocycles. The summed E-state index contributed by atoms with van der Waals surface area (Å²) >= 11 is 0.907. The summed E-state index contributed by atoms with van der Waals surface area (Å²) in [5.74, 6) is -0.331. The number of carbonyl (C=O) groups is 2. The number of hydrogen-bond donors (Lipinski definition) is 2. The molecular weight excluding hydrogens is 385 g/mol. The summed E-state index contributed by atoms with van der Waals surface area (Å²) in [4.78, 5) is 38.1. The first-order chi connectivity index (χ1) is 12.5. The summed E-state index contributed by atoms with van der Waals surface area (Å²) in [7, 11) is 0. The van der Waals surface area contributed by atoms with Crippen LogP contribution in [0, 0.1) is 0 Å². The lowest BCUT2D eigenvalue weighted by molar-refractivity contribution is -0.0460. The van der Waals surface area contributed by atoms with Gasteiger partial charge < -0.3 is 25.1 Å². The van der Waals surface area contributed by atoms with Gasteiger partial charge in [-0.25, -0.2) is 18.8 Å². The Hall–Kier alpha value is -2.34. The van der Waals surface area contributed by atoms with E-state index >= 15 is 0 Å². The molecule has 2 heterocycles. The molecule has 0 unspecified atom stereocenters. The second-order valence-corrected chi connectivity index (χ2v) is 7.98. The van der Waals surface area contributed by atoms with Gasteiger partial charge in [-0.05, 0) is 20.8 Å². The minimum absolute atomic E-state index is 0.331. The van der Waals surface area contributed by atoms with Crippen molar-refractivity contribution in [1.29, 1.82) is 0 Å². The molecule has 1 fully saturated rings. The Morgan fingerprint density at radius 2 is 2.11 bits per heavy atom. The number of aliphatic hydroxyl groups is 1. The Labute approximate surface area is 157 Å².